The SMILES string of the molecule is O=C(O)C(F)(F)F.O=C(c1ccc2ccccc2c1)N1CCC2(CC1)C(=O)NCN2c1ccccc1. The van der Waals surface area contributed by atoms with Gasteiger partial charge in [-0.1, -0.05) is 48.5 Å². The van der Waals surface area contributed by atoms with Crippen LogP contribution >= 0.6 is 0 Å². The van der Waals surface area contributed by atoms with Crippen molar-refractivity contribution in [2.75, 3.05) is 24.7 Å². The van der Waals surface area contributed by atoms with E-state index in [9.17, 15) is 22.8 Å². The minimum absolute atomic E-state index is 0.0373. The number of nitrogens with zero attached hydrogens (tertiary/aromatic N) is 2. The number of anilines is 1. The van der Waals surface area contributed by atoms with Gasteiger partial charge in [-0.25, -0.2) is 4.79 Å². The largest absolute Gasteiger partial charge is 0.490 e. The van der Waals surface area contributed by atoms with Crippen LogP contribution in [0.3, 0.4) is 0 Å². The maximum atomic E-state index is 13.1. The first-order chi connectivity index (χ1) is 17.1. The molecule has 0 unspecified atom stereocenters. The zero-order valence-electron chi connectivity index (χ0n) is 19.2. The molecule has 2 aliphatic rings. The first kappa shape index (κ1) is 25.0. The summed E-state index contributed by atoms with van der Waals surface area (Å²) in [5, 5.41) is 12.3. The number of carbonyl (C=O) groups is 3. The quantitative estimate of drug-likeness (QED) is 0.556. The molecular formula is C26H24F3N3O4. The van der Waals surface area contributed by atoms with E-state index in [1.165, 1.54) is 0 Å². The Morgan fingerprint density at radius 2 is 1.47 bits per heavy atom. The number of carboxylic acid groups (broad SMARTS) is 1. The lowest BCUT2D eigenvalue weighted by Gasteiger charge is -2.43. The van der Waals surface area contributed by atoms with E-state index in [1.54, 1.807) is 0 Å². The first-order valence-corrected chi connectivity index (χ1v) is 11.3. The van der Waals surface area contributed by atoms with Crippen molar-refractivity contribution in [1.82, 2.24) is 10.2 Å². The number of hydrogen-bond donors (Lipinski definition) is 2. The van der Waals surface area contributed by atoms with E-state index in [4.69, 9.17) is 9.90 Å². The average Bonchev–Trinajstić information content (AvgIpc) is 3.19. The lowest BCUT2D eigenvalue weighted by molar-refractivity contribution is -0.192. The van der Waals surface area contributed by atoms with Gasteiger partial charge in [0.25, 0.3) is 5.91 Å². The Hall–Kier alpha value is -4.08. The van der Waals surface area contributed by atoms with E-state index in [0.717, 1.165) is 16.5 Å². The number of aliphatic carboxylic acids is 1. The summed E-state index contributed by atoms with van der Waals surface area (Å²) in [4.78, 5) is 38.8. The molecule has 2 fully saturated rings. The third-order valence-electron chi connectivity index (χ3n) is 6.52. The number of carboxylic acids is 1. The Labute approximate surface area is 205 Å². The molecule has 10 heteroatoms. The van der Waals surface area contributed by atoms with E-state index in [0.29, 0.717) is 38.2 Å². The van der Waals surface area contributed by atoms with Crippen molar-refractivity contribution >= 4 is 34.2 Å². The molecule has 3 aromatic rings. The van der Waals surface area contributed by atoms with Crippen molar-refractivity contribution in [3.63, 3.8) is 0 Å². The Balaban J connectivity index is 0.000000384. The summed E-state index contributed by atoms with van der Waals surface area (Å²) in [6.07, 6.45) is -3.82. The average molecular weight is 499 g/mol. The highest BCUT2D eigenvalue weighted by Crippen LogP contribution is 2.36. The molecule has 3 aromatic carbocycles. The predicted molar refractivity (Wildman–Crippen MR) is 127 cm³/mol. The van der Waals surface area contributed by atoms with Crippen molar-refractivity contribution in [3.8, 4) is 0 Å². The molecule has 188 valence electrons. The molecule has 2 aliphatic heterocycles. The van der Waals surface area contributed by atoms with Crippen LogP contribution in [0.1, 0.15) is 23.2 Å². The van der Waals surface area contributed by atoms with Crippen molar-refractivity contribution < 1.29 is 32.7 Å². The molecule has 0 aromatic heterocycles. The minimum atomic E-state index is -5.08. The van der Waals surface area contributed by atoms with Gasteiger partial charge in [0.15, 0.2) is 0 Å². The number of piperidine rings is 1. The van der Waals surface area contributed by atoms with Gasteiger partial charge < -0.3 is 20.2 Å². The molecule has 7 nitrogen and oxygen atoms in total. The highest BCUT2D eigenvalue weighted by molar-refractivity contribution is 5.99. The molecule has 0 bridgehead atoms. The summed E-state index contributed by atoms with van der Waals surface area (Å²) in [6, 6.07) is 23.9. The van der Waals surface area contributed by atoms with Crippen LogP contribution in [0, 0.1) is 0 Å². The summed E-state index contributed by atoms with van der Waals surface area (Å²) >= 11 is 0. The van der Waals surface area contributed by atoms with Crippen LogP contribution in [0.5, 0.6) is 0 Å². The number of fused-ring (bicyclic) bond motifs is 1. The molecule has 2 N–H and O–H groups in total. The zero-order valence-corrected chi connectivity index (χ0v) is 19.2. The number of halogens is 3. The molecule has 0 saturated carbocycles. The third-order valence-corrected chi connectivity index (χ3v) is 6.52. The number of amides is 2. The first-order valence-electron chi connectivity index (χ1n) is 11.3. The number of hydrogen-bond acceptors (Lipinski definition) is 4. The summed E-state index contributed by atoms with van der Waals surface area (Å²) in [7, 11) is 0. The number of likely N-dealkylation sites (tertiary alicyclic amines) is 1. The van der Waals surface area contributed by atoms with Gasteiger partial charge in [-0.05, 0) is 47.9 Å². The second-order valence-electron chi connectivity index (χ2n) is 8.62. The van der Waals surface area contributed by atoms with E-state index < -0.39 is 17.7 Å². The molecule has 2 saturated heterocycles. The summed E-state index contributed by atoms with van der Waals surface area (Å²) in [5.41, 5.74) is 1.18. The van der Waals surface area contributed by atoms with Crippen LogP contribution in [-0.4, -0.2) is 59.3 Å². The Bertz CT molecular complexity index is 1270. The lowest BCUT2D eigenvalue weighted by Crippen LogP contribution is -2.57. The highest BCUT2D eigenvalue weighted by Gasteiger charge is 2.50. The van der Waals surface area contributed by atoms with Gasteiger partial charge in [-0.15, -0.1) is 0 Å². The standard InChI is InChI=1S/C24H23N3O2.C2HF3O2/c28-22(20-11-10-18-6-4-5-7-19(18)16-20)26-14-12-24(13-15-26)23(29)25-17-27(24)21-8-2-1-3-9-21;3-2(4,5)1(6)7/h1-11,16H,12-15,17H2,(H,25,29);(H,6,7). The maximum absolute atomic E-state index is 13.1. The van der Waals surface area contributed by atoms with Crippen LogP contribution in [-0.2, 0) is 9.59 Å². The van der Waals surface area contributed by atoms with E-state index >= 15 is 0 Å². The van der Waals surface area contributed by atoms with E-state index in [2.05, 4.69) is 10.2 Å². The number of benzene rings is 3. The monoisotopic (exact) mass is 499 g/mol. The summed E-state index contributed by atoms with van der Waals surface area (Å²) in [6.45, 7) is 1.66. The second-order valence-corrected chi connectivity index (χ2v) is 8.62. The molecular weight excluding hydrogens is 475 g/mol. The molecule has 2 amide bonds. The Morgan fingerprint density at radius 1 is 0.889 bits per heavy atom. The fourth-order valence-corrected chi connectivity index (χ4v) is 4.62. The van der Waals surface area contributed by atoms with Crippen molar-refractivity contribution in [2.45, 2.75) is 24.6 Å². The minimum Gasteiger partial charge on any atom is -0.475 e. The van der Waals surface area contributed by atoms with Crippen LogP contribution in [0.25, 0.3) is 10.8 Å². The molecule has 0 aliphatic carbocycles. The summed E-state index contributed by atoms with van der Waals surface area (Å²) in [5.74, 6) is -2.65. The number of alkyl halides is 3. The fourth-order valence-electron chi connectivity index (χ4n) is 4.62. The van der Waals surface area contributed by atoms with Gasteiger partial charge >= 0.3 is 12.1 Å². The van der Waals surface area contributed by atoms with Gasteiger partial charge in [0.05, 0.1) is 6.67 Å². The molecule has 0 radical (unpaired) electrons. The Morgan fingerprint density at radius 3 is 2.08 bits per heavy atom. The highest BCUT2D eigenvalue weighted by atomic mass is 19.4. The van der Waals surface area contributed by atoms with Crippen molar-refractivity contribution in [1.29, 1.82) is 0 Å². The van der Waals surface area contributed by atoms with Gasteiger partial charge in [0, 0.05) is 24.3 Å². The number of rotatable bonds is 2. The van der Waals surface area contributed by atoms with E-state index in [1.807, 2.05) is 77.7 Å². The number of nitrogens with one attached hydrogen (secondary N) is 1. The zero-order chi connectivity index (χ0) is 25.9. The Kier molecular flexibility index (Phi) is 6.87. The number of para-hydroxylation sites is 1. The van der Waals surface area contributed by atoms with E-state index in [-0.39, 0.29) is 11.8 Å². The van der Waals surface area contributed by atoms with Gasteiger partial charge in [0.1, 0.15) is 5.54 Å². The van der Waals surface area contributed by atoms with Crippen molar-refractivity contribution in [2.24, 2.45) is 0 Å². The smallest absolute Gasteiger partial charge is 0.475 e. The topological polar surface area (TPSA) is 90.0 Å². The second kappa shape index (κ2) is 9.88. The fraction of sp³-hybridized carbons (Fsp3) is 0.269. The van der Waals surface area contributed by atoms with Crippen LogP contribution in [0.15, 0.2) is 72.8 Å². The summed E-state index contributed by atoms with van der Waals surface area (Å²) < 4.78 is 31.7. The lowest BCUT2D eigenvalue weighted by atomic mass is 9.85. The van der Waals surface area contributed by atoms with Crippen molar-refractivity contribution in [3.05, 3.63) is 78.4 Å². The van der Waals surface area contributed by atoms with Crippen LogP contribution in [0.2, 0.25) is 0 Å². The molecule has 36 heavy (non-hydrogen) atoms. The number of carbonyl (C=O) groups excluding carboxylic acids is 2. The van der Waals surface area contributed by atoms with Crippen LogP contribution in [0.4, 0.5) is 18.9 Å². The van der Waals surface area contributed by atoms with Gasteiger partial charge in [0.2, 0.25) is 5.91 Å². The third kappa shape index (κ3) is 4.98. The predicted octanol–water partition coefficient (Wildman–Crippen LogP) is 4.04. The molecule has 1 spiro atoms. The van der Waals surface area contributed by atoms with Crippen LogP contribution < -0.4 is 10.2 Å². The maximum Gasteiger partial charge on any atom is 0.490 e. The molecule has 2 heterocycles. The normalized spacial score (nSPS) is 16.9. The van der Waals surface area contributed by atoms with Gasteiger partial charge in [-0.2, -0.15) is 13.2 Å². The van der Waals surface area contributed by atoms with Gasteiger partial charge in [-0.3, -0.25) is 9.59 Å². The molecule has 5 rings (SSSR count). The molecule has 0 atom stereocenters.